The van der Waals surface area contributed by atoms with Crippen LogP contribution in [0.3, 0.4) is 0 Å². The number of esters is 5. The molecule has 5 atom stereocenters. The van der Waals surface area contributed by atoms with E-state index in [0.717, 1.165) is 0 Å². The molecule has 0 aliphatic carbocycles. The summed E-state index contributed by atoms with van der Waals surface area (Å²) in [6.45, 7) is 7.63. The first kappa shape index (κ1) is 25.4. The second-order valence-corrected chi connectivity index (χ2v) is 7.52. The van der Waals surface area contributed by atoms with Crippen molar-refractivity contribution in [2.45, 2.75) is 97.2 Å². The molecular weight excluding hydrogens is 400 g/mol. The summed E-state index contributed by atoms with van der Waals surface area (Å²) in [6, 6.07) is 0. The van der Waals surface area contributed by atoms with Crippen molar-refractivity contribution in [2.75, 3.05) is 0 Å². The van der Waals surface area contributed by atoms with E-state index >= 15 is 0 Å². The number of hydrogen-bond acceptors (Lipinski definition) is 10. The minimum absolute atomic E-state index is 0.195. The van der Waals surface area contributed by atoms with Gasteiger partial charge in [0, 0.05) is 0 Å². The minimum atomic E-state index is -0.753. The monoisotopic (exact) mass is 430 g/mol. The molecular formula is C20H30O10. The van der Waals surface area contributed by atoms with Gasteiger partial charge in [-0.2, -0.15) is 0 Å². The van der Waals surface area contributed by atoms with Gasteiger partial charge in [-0.15, -0.1) is 0 Å². The fourth-order valence-corrected chi connectivity index (χ4v) is 2.74. The van der Waals surface area contributed by atoms with Crippen molar-refractivity contribution in [3.05, 3.63) is 0 Å². The van der Waals surface area contributed by atoms with Crippen LogP contribution in [0.4, 0.5) is 0 Å². The Labute approximate surface area is 175 Å². The quantitative estimate of drug-likeness (QED) is 0.412. The minimum Gasteiger partial charge on any atom is -0.462 e. The Morgan fingerprint density at radius 2 is 0.533 bits per heavy atom. The predicted octanol–water partition coefficient (Wildman–Crippen LogP) is 1.61. The van der Waals surface area contributed by atoms with Gasteiger partial charge in [-0.05, 0) is 34.6 Å². The molecule has 0 aromatic rings. The zero-order chi connectivity index (χ0) is 22.8. The lowest BCUT2D eigenvalue weighted by atomic mass is 10.2. The van der Waals surface area contributed by atoms with Crippen LogP contribution in [-0.2, 0) is 47.7 Å². The van der Waals surface area contributed by atoms with Crippen LogP contribution in [0, 0.1) is 0 Å². The van der Waals surface area contributed by atoms with Gasteiger partial charge in [-0.1, -0.05) is 0 Å². The fourth-order valence-electron chi connectivity index (χ4n) is 2.74. The van der Waals surface area contributed by atoms with Crippen LogP contribution in [0.5, 0.6) is 0 Å². The molecule has 0 aromatic carbocycles. The molecule has 1 rings (SSSR count). The van der Waals surface area contributed by atoms with E-state index in [4.69, 9.17) is 23.7 Å². The highest BCUT2D eigenvalue weighted by Crippen LogP contribution is 2.12. The van der Waals surface area contributed by atoms with E-state index in [9.17, 15) is 24.0 Å². The maximum absolute atomic E-state index is 11.9. The normalized spacial score (nSPS) is 31.5. The number of rotatable bonds is 0. The van der Waals surface area contributed by atoms with Crippen molar-refractivity contribution in [1.82, 2.24) is 0 Å². The third-order valence-corrected chi connectivity index (χ3v) is 3.93. The SMILES string of the molecule is CC1CC(=O)OC(C)CC(=O)OC(C)CC(=O)OC(C)CC(=O)OC(C)CC(=O)O1. The van der Waals surface area contributed by atoms with Crippen LogP contribution in [0.2, 0.25) is 0 Å². The summed E-state index contributed by atoms with van der Waals surface area (Å²) >= 11 is 0. The number of cyclic esters (lactones) is 5. The highest BCUT2D eigenvalue weighted by Gasteiger charge is 2.24. The highest BCUT2D eigenvalue weighted by molar-refractivity contribution is 5.76. The van der Waals surface area contributed by atoms with Crippen LogP contribution in [-0.4, -0.2) is 60.4 Å². The molecule has 0 bridgehead atoms. The van der Waals surface area contributed by atoms with Gasteiger partial charge in [0.25, 0.3) is 0 Å². The maximum atomic E-state index is 11.9. The Bertz CT molecular complexity index is 476. The van der Waals surface area contributed by atoms with Crippen LogP contribution in [0.15, 0.2) is 0 Å². The van der Waals surface area contributed by atoms with Crippen molar-refractivity contribution in [1.29, 1.82) is 0 Å². The summed E-state index contributed by atoms with van der Waals surface area (Å²) in [5.41, 5.74) is 0. The zero-order valence-corrected chi connectivity index (χ0v) is 18.0. The Hall–Kier alpha value is -2.65. The van der Waals surface area contributed by atoms with Crippen molar-refractivity contribution in [2.24, 2.45) is 0 Å². The summed E-state index contributed by atoms with van der Waals surface area (Å²) in [7, 11) is 0. The first-order valence-electron chi connectivity index (χ1n) is 9.92. The van der Waals surface area contributed by atoms with Gasteiger partial charge in [0.15, 0.2) is 0 Å². The number of carbonyl (C=O) groups excluding carboxylic acids is 5. The molecule has 5 unspecified atom stereocenters. The number of hydrogen-bond donors (Lipinski definition) is 0. The van der Waals surface area contributed by atoms with E-state index in [-0.39, 0.29) is 32.1 Å². The van der Waals surface area contributed by atoms with Crippen LogP contribution < -0.4 is 0 Å². The second-order valence-electron chi connectivity index (χ2n) is 7.52. The Morgan fingerprint density at radius 1 is 0.400 bits per heavy atom. The summed E-state index contributed by atoms with van der Waals surface area (Å²) < 4.78 is 25.6. The van der Waals surface area contributed by atoms with E-state index in [0.29, 0.717) is 0 Å². The summed E-state index contributed by atoms with van der Waals surface area (Å²) in [5.74, 6) is -3.22. The van der Waals surface area contributed by atoms with Crippen LogP contribution >= 0.6 is 0 Å². The van der Waals surface area contributed by atoms with Crippen LogP contribution in [0.1, 0.15) is 66.7 Å². The average Bonchev–Trinajstić information content (AvgIpc) is 2.50. The number of carbonyl (C=O) groups is 5. The van der Waals surface area contributed by atoms with Crippen LogP contribution in [0.25, 0.3) is 0 Å². The third kappa shape index (κ3) is 10.8. The van der Waals surface area contributed by atoms with E-state index in [1.54, 1.807) is 0 Å². The summed E-state index contributed by atoms with van der Waals surface area (Å²) in [6.07, 6.45) is -4.74. The van der Waals surface area contributed by atoms with Gasteiger partial charge < -0.3 is 23.7 Å². The van der Waals surface area contributed by atoms with E-state index < -0.39 is 60.4 Å². The van der Waals surface area contributed by atoms with Gasteiger partial charge in [-0.3, -0.25) is 24.0 Å². The van der Waals surface area contributed by atoms with Gasteiger partial charge in [0.1, 0.15) is 30.5 Å². The molecule has 0 N–H and O–H groups in total. The van der Waals surface area contributed by atoms with Crippen molar-refractivity contribution in [3.8, 4) is 0 Å². The van der Waals surface area contributed by atoms with Gasteiger partial charge in [0.2, 0.25) is 0 Å². The molecule has 0 saturated carbocycles. The predicted molar refractivity (Wildman–Crippen MR) is 101 cm³/mol. The molecule has 1 fully saturated rings. The largest absolute Gasteiger partial charge is 0.462 e. The van der Waals surface area contributed by atoms with Crippen molar-refractivity contribution in [3.63, 3.8) is 0 Å². The highest BCUT2D eigenvalue weighted by atomic mass is 16.6. The standard InChI is InChI=1S/C20H30O10/c1-11-6-16(21)27-13(3)8-18(23)29-15(5)10-20(25)30-14(4)9-19(24)28-12(2)7-17(22)26-11/h11-15H,6-10H2,1-5H3. The molecule has 0 radical (unpaired) electrons. The first-order chi connectivity index (χ1) is 13.9. The van der Waals surface area contributed by atoms with Gasteiger partial charge in [-0.25, -0.2) is 0 Å². The Kier molecular flexibility index (Phi) is 10.3. The molecule has 0 aromatic heterocycles. The summed E-state index contributed by atoms with van der Waals surface area (Å²) in [5, 5.41) is 0. The van der Waals surface area contributed by atoms with Crippen molar-refractivity contribution >= 4 is 29.8 Å². The Morgan fingerprint density at radius 3 is 0.667 bits per heavy atom. The lowest BCUT2D eigenvalue weighted by molar-refractivity contribution is -0.163. The topological polar surface area (TPSA) is 132 Å². The van der Waals surface area contributed by atoms with E-state index in [1.807, 2.05) is 0 Å². The van der Waals surface area contributed by atoms with Gasteiger partial charge >= 0.3 is 29.8 Å². The number of ether oxygens (including phenoxy) is 5. The Balaban J connectivity index is 2.80. The first-order valence-corrected chi connectivity index (χ1v) is 9.92. The maximum Gasteiger partial charge on any atom is 0.309 e. The van der Waals surface area contributed by atoms with E-state index in [2.05, 4.69) is 0 Å². The zero-order valence-electron chi connectivity index (χ0n) is 18.0. The summed E-state index contributed by atoms with van der Waals surface area (Å²) in [4.78, 5) is 59.7. The average molecular weight is 430 g/mol. The van der Waals surface area contributed by atoms with Gasteiger partial charge in [0.05, 0.1) is 32.1 Å². The fraction of sp³-hybridized carbons (Fsp3) is 0.750. The molecule has 0 spiro atoms. The molecule has 10 nitrogen and oxygen atoms in total. The molecule has 1 heterocycles. The molecule has 30 heavy (non-hydrogen) atoms. The second kappa shape index (κ2) is 12.1. The smallest absolute Gasteiger partial charge is 0.309 e. The molecule has 10 heteroatoms. The molecule has 1 saturated heterocycles. The van der Waals surface area contributed by atoms with E-state index in [1.165, 1.54) is 34.6 Å². The molecule has 1 aliphatic rings. The third-order valence-electron chi connectivity index (χ3n) is 3.93. The molecule has 0 amide bonds. The van der Waals surface area contributed by atoms with Crippen molar-refractivity contribution < 1.29 is 47.7 Å². The molecule has 1 aliphatic heterocycles. The lowest BCUT2D eigenvalue weighted by Crippen LogP contribution is -2.29. The molecule has 170 valence electrons. The lowest BCUT2D eigenvalue weighted by Gasteiger charge is -2.20.